The Morgan fingerprint density at radius 1 is 1.22 bits per heavy atom. The van der Waals surface area contributed by atoms with Gasteiger partial charge in [-0.1, -0.05) is 52.3 Å². The Bertz CT molecular complexity index is 499. The summed E-state index contributed by atoms with van der Waals surface area (Å²) in [6.45, 7) is 8.95. The van der Waals surface area contributed by atoms with Crippen LogP contribution in [0.1, 0.15) is 50.9 Å². The van der Waals surface area contributed by atoms with E-state index in [-0.39, 0.29) is 23.9 Å². The zero-order valence-corrected chi connectivity index (χ0v) is 14.7. The molecule has 1 N–H and O–H groups in total. The topological polar surface area (TPSA) is 46.5 Å². The highest BCUT2D eigenvalue weighted by molar-refractivity contribution is 5.89. The van der Waals surface area contributed by atoms with Gasteiger partial charge in [-0.2, -0.15) is 0 Å². The van der Waals surface area contributed by atoms with E-state index < -0.39 is 0 Å². The molecule has 0 aromatic heterocycles. The minimum Gasteiger partial charge on any atom is -0.462 e. The third-order valence-corrected chi connectivity index (χ3v) is 5.69. The SMILES string of the molecule is CCC1CC1C(O)C(C)C(C)[C@@H](C)COC(=O)c1ccccc1. The number of carbonyl (C=O) groups excluding carboxylic acids is 1. The van der Waals surface area contributed by atoms with Crippen molar-refractivity contribution in [3.05, 3.63) is 35.9 Å². The number of hydrogen-bond acceptors (Lipinski definition) is 3. The first-order chi connectivity index (χ1) is 11.0. The predicted octanol–water partition coefficient (Wildman–Crippen LogP) is 4.16. The minimum absolute atomic E-state index is 0.224. The number of carbonyl (C=O) groups is 1. The smallest absolute Gasteiger partial charge is 0.338 e. The molecular formula is C20H30O3. The summed E-state index contributed by atoms with van der Waals surface area (Å²) < 4.78 is 5.44. The molecule has 5 unspecified atom stereocenters. The molecule has 0 bridgehead atoms. The summed E-state index contributed by atoms with van der Waals surface area (Å²) in [5.41, 5.74) is 0.587. The third kappa shape index (κ3) is 4.57. The molecular weight excluding hydrogens is 288 g/mol. The molecule has 1 saturated carbocycles. The molecule has 6 atom stereocenters. The standard InChI is InChI=1S/C20H30O3/c1-5-16-11-18(16)19(21)15(4)14(3)13(2)12-23-20(22)17-9-7-6-8-10-17/h6-10,13-16,18-19,21H,5,11-12H2,1-4H3/t13-,14?,15?,16?,18?,19?/m0/s1. The first-order valence-electron chi connectivity index (χ1n) is 8.85. The van der Waals surface area contributed by atoms with Crippen LogP contribution in [0.5, 0.6) is 0 Å². The molecule has 1 aromatic carbocycles. The lowest BCUT2D eigenvalue weighted by atomic mass is 9.80. The molecule has 0 amide bonds. The molecule has 0 spiro atoms. The number of ether oxygens (including phenoxy) is 1. The number of esters is 1. The number of aliphatic hydroxyl groups is 1. The molecule has 0 saturated heterocycles. The maximum absolute atomic E-state index is 12.0. The van der Waals surface area contributed by atoms with Gasteiger partial charge in [-0.3, -0.25) is 0 Å². The first kappa shape index (κ1) is 18.0. The Kier molecular flexibility index (Phi) is 6.23. The van der Waals surface area contributed by atoms with Crippen molar-refractivity contribution in [2.75, 3.05) is 6.61 Å². The quantitative estimate of drug-likeness (QED) is 0.732. The molecule has 3 heteroatoms. The van der Waals surface area contributed by atoms with Gasteiger partial charge in [0.25, 0.3) is 0 Å². The summed E-state index contributed by atoms with van der Waals surface area (Å²) in [7, 11) is 0. The fraction of sp³-hybridized carbons (Fsp3) is 0.650. The highest BCUT2D eigenvalue weighted by atomic mass is 16.5. The van der Waals surface area contributed by atoms with Crippen LogP contribution in [-0.2, 0) is 4.74 Å². The highest BCUT2D eigenvalue weighted by Gasteiger charge is 2.44. The van der Waals surface area contributed by atoms with Gasteiger partial charge in [0, 0.05) is 0 Å². The Morgan fingerprint density at radius 2 is 1.87 bits per heavy atom. The second kappa shape index (κ2) is 7.96. The van der Waals surface area contributed by atoms with Crippen LogP contribution in [0.2, 0.25) is 0 Å². The predicted molar refractivity (Wildman–Crippen MR) is 92.1 cm³/mol. The molecule has 1 aliphatic carbocycles. The van der Waals surface area contributed by atoms with Gasteiger partial charge in [0.1, 0.15) is 0 Å². The van der Waals surface area contributed by atoms with Crippen LogP contribution in [0, 0.1) is 29.6 Å². The van der Waals surface area contributed by atoms with Crippen LogP contribution < -0.4 is 0 Å². The van der Waals surface area contributed by atoms with E-state index in [0.717, 1.165) is 12.8 Å². The minimum atomic E-state index is -0.272. The first-order valence-corrected chi connectivity index (χ1v) is 8.85. The van der Waals surface area contributed by atoms with Gasteiger partial charge >= 0.3 is 5.97 Å². The van der Waals surface area contributed by atoms with Crippen molar-refractivity contribution in [1.82, 2.24) is 0 Å². The van der Waals surface area contributed by atoms with Crippen molar-refractivity contribution in [3.63, 3.8) is 0 Å². The van der Waals surface area contributed by atoms with Gasteiger partial charge in [0.2, 0.25) is 0 Å². The lowest BCUT2D eigenvalue weighted by molar-refractivity contribution is 0.0203. The fourth-order valence-corrected chi connectivity index (χ4v) is 3.39. The van der Waals surface area contributed by atoms with E-state index in [4.69, 9.17) is 4.74 Å². The van der Waals surface area contributed by atoms with Gasteiger partial charge in [-0.05, 0) is 48.1 Å². The largest absolute Gasteiger partial charge is 0.462 e. The zero-order chi connectivity index (χ0) is 17.0. The molecule has 1 aliphatic rings. The lowest BCUT2D eigenvalue weighted by Gasteiger charge is -2.30. The Labute approximate surface area is 140 Å². The number of aliphatic hydroxyl groups excluding tert-OH is 1. The third-order valence-electron chi connectivity index (χ3n) is 5.69. The van der Waals surface area contributed by atoms with Gasteiger partial charge in [-0.25, -0.2) is 4.79 Å². The Balaban J connectivity index is 1.80. The average molecular weight is 318 g/mol. The van der Waals surface area contributed by atoms with Gasteiger partial charge in [0.05, 0.1) is 18.3 Å². The molecule has 0 heterocycles. The van der Waals surface area contributed by atoms with E-state index in [1.54, 1.807) is 12.1 Å². The molecule has 23 heavy (non-hydrogen) atoms. The number of rotatable bonds is 8. The van der Waals surface area contributed by atoms with E-state index in [1.807, 2.05) is 18.2 Å². The Hall–Kier alpha value is -1.35. The number of hydrogen-bond donors (Lipinski definition) is 1. The van der Waals surface area contributed by atoms with Crippen LogP contribution in [0.25, 0.3) is 0 Å². The molecule has 0 aliphatic heterocycles. The summed E-state index contributed by atoms with van der Waals surface area (Å²) in [5, 5.41) is 10.5. The zero-order valence-electron chi connectivity index (χ0n) is 14.7. The van der Waals surface area contributed by atoms with Crippen molar-refractivity contribution in [1.29, 1.82) is 0 Å². The van der Waals surface area contributed by atoms with Crippen LogP contribution in [0.4, 0.5) is 0 Å². The fourth-order valence-electron chi connectivity index (χ4n) is 3.39. The highest BCUT2D eigenvalue weighted by Crippen LogP contribution is 2.46. The van der Waals surface area contributed by atoms with Crippen molar-refractivity contribution in [2.45, 2.75) is 46.6 Å². The summed E-state index contributed by atoms with van der Waals surface area (Å²) in [5.74, 6) is 1.66. The van der Waals surface area contributed by atoms with Crippen molar-refractivity contribution in [2.24, 2.45) is 29.6 Å². The van der Waals surface area contributed by atoms with Crippen molar-refractivity contribution < 1.29 is 14.6 Å². The van der Waals surface area contributed by atoms with Crippen molar-refractivity contribution in [3.8, 4) is 0 Å². The van der Waals surface area contributed by atoms with E-state index >= 15 is 0 Å². The van der Waals surface area contributed by atoms with Crippen LogP contribution in [0.15, 0.2) is 30.3 Å². The van der Waals surface area contributed by atoms with E-state index in [1.165, 1.54) is 0 Å². The second-order valence-corrected chi connectivity index (χ2v) is 7.22. The number of benzene rings is 1. The van der Waals surface area contributed by atoms with Crippen LogP contribution in [-0.4, -0.2) is 23.8 Å². The van der Waals surface area contributed by atoms with Gasteiger partial charge in [-0.15, -0.1) is 0 Å². The van der Waals surface area contributed by atoms with Gasteiger partial charge in [0.15, 0.2) is 0 Å². The molecule has 1 fully saturated rings. The Morgan fingerprint density at radius 3 is 2.43 bits per heavy atom. The summed E-state index contributed by atoms with van der Waals surface area (Å²) in [6.07, 6.45) is 2.08. The van der Waals surface area contributed by atoms with Crippen LogP contribution >= 0.6 is 0 Å². The normalized spacial score (nSPS) is 25.3. The molecule has 128 valence electrons. The molecule has 3 nitrogen and oxygen atoms in total. The monoisotopic (exact) mass is 318 g/mol. The summed E-state index contributed by atoms with van der Waals surface area (Å²) >= 11 is 0. The van der Waals surface area contributed by atoms with Crippen LogP contribution in [0.3, 0.4) is 0 Å². The van der Waals surface area contributed by atoms with E-state index in [9.17, 15) is 9.90 Å². The molecule has 0 radical (unpaired) electrons. The molecule has 2 rings (SSSR count). The average Bonchev–Trinajstić information content (AvgIpc) is 3.37. The summed E-state index contributed by atoms with van der Waals surface area (Å²) in [4.78, 5) is 12.0. The second-order valence-electron chi connectivity index (χ2n) is 7.22. The summed E-state index contributed by atoms with van der Waals surface area (Å²) in [6, 6.07) is 9.08. The van der Waals surface area contributed by atoms with E-state index in [0.29, 0.717) is 29.9 Å². The van der Waals surface area contributed by atoms with E-state index in [2.05, 4.69) is 27.7 Å². The lowest BCUT2D eigenvalue weighted by Crippen LogP contribution is -2.31. The molecule has 1 aromatic rings. The maximum atomic E-state index is 12.0. The maximum Gasteiger partial charge on any atom is 0.338 e. The van der Waals surface area contributed by atoms with Crippen molar-refractivity contribution >= 4 is 5.97 Å². The van der Waals surface area contributed by atoms with Gasteiger partial charge < -0.3 is 9.84 Å².